The summed E-state index contributed by atoms with van der Waals surface area (Å²) in [5.74, 6) is -0.889. The highest BCUT2D eigenvalue weighted by Gasteiger charge is 2.40. The number of likely N-dealkylation sites (tertiary alicyclic amines) is 1. The zero-order chi connectivity index (χ0) is 23.9. The normalized spacial score (nSPS) is 17.4. The Morgan fingerprint density at radius 3 is 2.26 bits per heavy atom. The van der Waals surface area contributed by atoms with Crippen LogP contribution in [0.15, 0.2) is 78.9 Å². The molecule has 172 valence electrons. The quantitative estimate of drug-likeness (QED) is 0.513. The first kappa shape index (κ1) is 23.1. The third-order valence-electron chi connectivity index (χ3n) is 6.18. The van der Waals surface area contributed by atoms with E-state index in [1.807, 2.05) is 66.7 Å². The largest absolute Gasteiger partial charge is 0.491 e. The van der Waals surface area contributed by atoms with Gasteiger partial charge in [-0.05, 0) is 53.8 Å². The minimum atomic E-state index is -0.957. The summed E-state index contributed by atoms with van der Waals surface area (Å²) in [5.41, 5.74) is 3.78. The molecule has 4 rings (SSSR count). The Kier molecular flexibility index (Phi) is 7.24. The summed E-state index contributed by atoms with van der Waals surface area (Å²) in [5, 5.41) is 18.2. The smallest absolute Gasteiger partial charge is 0.304 e. The van der Waals surface area contributed by atoms with Crippen molar-refractivity contribution in [3.8, 4) is 22.9 Å². The summed E-state index contributed by atoms with van der Waals surface area (Å²) >= 11 is 0. The zero-order valence-electron chi connectivity index (χ0n) is 18.8. The lowest BCUT2D eigenvalue weighted by molar-refractivity contribution is -0.142. The first-order chi connectivity index (χ1) is 16.5. The van der Waals surface area contributed by atoms with Gasteiger partial charge >= 0.3 is 5.97 Å². The summed E-state index contributed by atoms with van der Waals surface area (Å²) in [6.45, 7) is 0.845. The first-order valence-corrected chi connectivity index (χ1v) is 11.3. The molecule has 0 aliphatic carbocycles. The summed E-state index contributed by atoms with van der Waals surface area (Å²) < 4.78 is 6.02. The van der Waals surface area contributed by atoms with Crippen molar-refractivity contribution >= 4 is 11.9 Å². The van der Waals surface area contributed by atoms with E-state index in [1.54, 1.807) is 17.0 Å². The molecule has 2 atom stereocenters. The Morgan fingerprint density at radius 1 is 1.00 bits per heavy atom. The number of benzene rings is 3. The first-order valence-electron chi connectivity index (χ1n) is 11.3. The molecule has 1 amide bonds. The van der Waals surface area contributed by atoms with Crippen LogP contribution in [0.2, 0.25) is 0 Å². The SMILES string of the molecule is N#Cc1ccc(-c2ccc(OC[C@@H]3C[C@@H](CC(=O)O)C(=O)N3CCc3ccccc3)cc2)cc1. The average molecular weight is 455 g/mol. The van der Waals surface area contributed by atoms with Crippen LogP contribution in [0.1, 0.15) is 24.0 Å². The minimum absolute atomic E-state index is 0.108. The van der Waals surface area contributed by atoms with Gasteiger partial charge in [0.05, 0.1) is 30.0 Å². The number of carbonyl (C=O) groups excluding carboxylic acids is 1. The fourth-order valence-electron chi connectivity index (χ4n) is 4.37. The standard InChI is InChI=1S/C28H26N2O4/c29-18-21-6-8-22(9-7-21)23-10-12-26(13-11-23)34-19-25-16-24(17-27(31)32)28(33)30(25)15-14-20-4-2-1-3-5-20/h1-13,24-25H,14-17,19H2,(H,31,32)/t24-,25-/m0/s1. The van der Waals surface area contributed by atoms with Gasteiger partial charge in [-0.3, -0.25) is 9.59 Å². The second-order valence-electron chi connectivity index (χ2n) is 8.48. The molecule has 3 aromatic carbocycles. The van der Waals surface area contributed by atoms with Crippen LogP contribution < -0.4 is 4.74 Å². The van der Waals surface area contributed by atoms with Crippen molar-refractivity contribution in [2.24, 2.45) is 5.92 Å². The number of aliphatic carboxylic acids is 1. The number of carbonyl (C=O) groups is 2. The highest BCUT2D eigenvalue weighted by molar-refractivity contribution is 5.85. The number of nitriles is 1. The molecule has 0 radical (unpaired) electrons. The summed E-state index contributed by atoms with van der Waals surface area (Å²) in [6, 6.07) is 27.0. The van der Waals surface area contributed by atoms with Crippen molar-refractivity contribution in [3.05, 3.63) is 90.0 Å². The van der Waals surface area contributed by atoms with E-state index in [2.05, 4.69) is 6.07 Å². The van der Waals surface area contributed by atoms with Crippen molar-refractivity contribution in [3.63, 3.8) is 0 Å². The van der Waals surface area contributed by atoms with E-state index in [4.69, 9.17) is 10.00 Å². The Hall–Kier alpha value is -4.11. The van der Waals surface area contributed by atoms with Crippen LogP contribution in [0.3, 0.4) is 0 Å². The van der Waals surface area contributed by atoms with Crippen LogP contribution in [-0.4, -0.2) is 41.1 Å². The molecule has 0 unspecified atom stereocenters. The van der Waals surface area contributed by atoms with Crippen molar-refractivity contribution in [1.82, 2.24) is 4.90 Å². The summed E-state index contributed by atoms with van der Waals surface area (Å²) in [4.78, 5) is 25.9. The number of amides is 1. The summed E-state index contributed by atoms with van der Waals surface area (Å²) in [7, 11) is 0. The van der Waals surface area contributed by atoms with Gasteiger partial charge in [-0.15, -0.1) is 0 Å². The maximum Gasteiger partial charge on any atom is 0.304 e. The van der Waals surface area contributed by atoms with Gasteiger partial charge < -0.3 is 14.7 Å². The Balaban J connectivity index is 1.40. The van der Waals surface area contributed by atoms with E-state index < -0.39 is 11.9 Å². The second kappa shape index (κ2) is 10.7. The fourth-order valence-corrected chi connectivity index (χ4v) is 4.37. The van der Waals surface area contributed by atoms with Crippen molar-refractivity contribution in [2.45, 2.75) is 25.3 Å². The van der Waals surface area contributed by atoms with Gasteiger partial charge in [-0.2, -0.15) is 5.26 Å². The molecule has 6 heteroatoms. The van der Waals surface area contributed by atoms with Crippen LogP contribution in [0.4, 0.5) is 0 Å². The van der Waals surface area contributed by atoms with Gasteiger partial charge in [0.2, 0.25) is 5.91 Å². The zero-order valence-corrected chi connectivity index (χ0v) is 18.8. The van der Waals surface area contributed by atoms with E-state index in [0.29, 0.717) is 37.3 Å². The van der Waals surface area contributed by atoms with E-state index in [9.17, 15) is 14.7 Å². The van der Waals surface area contributed by atoms with Crippen molar-refractivity contribution in [1.29, 1.82) is 5.26 Å². The molecule has 1 aliphatic heterocycles. The van der Waals surface area contributed by atoms with E-state index >= 15 is 0 Å². The molecule has 0 bridgehead atoms. The summed E-state index contributed by atoms with van der Waals surface area (Å²) in [6.07, 6.45) is 1.03. The van der Waals surface area contributed by atoms with Gasteiger partial charge in [0.25, 0.3) is 0 Å². The minimum Gasteiger partial charge on any atom is -0.491 e. The lowest BCUT2D eigenvalue weighted by Gasteiger charge is -2.25. The predicted molar refractivity (Wildman–Crippen MR) is 128 cm³/mol. The molecule has 0 saturated carbocycles. The lowest BCUT2D eigenvalue weighted by atomic mass is 10.0. The van der Waals surface area contributed by atoms with Crippen LogP contribution in [0, 0.1) is 17.2 Å². The topological polar surface area (TPSA) is 90.6 Å². The number of hydrogen-bond acceptors (Lipinski definition) is 4. The maximum atomic E-state index is 12.9. The number of nitrogens with zero attached hydrogens (tertiary/aromatic N) is 2. The van der Waals surface area contributed by atoms with Gasteiger partial charge in [0.15, 0.2) is 0 Å². The lowest BCUT2D eigenvalue weighted by Crippen LogP contribution is -2.39. The van der Waals surface area contributed by atoms with Crippen LogP contribution in [0.25, 0.3) is 11.1 Å². The van der Waals surface area contributed by atoms with Gasteiger partial charge in [-0.1, -0.05) is 54.6 Å². The molecule has 0 aromatic heterocycles. The molecular formula is C28H26N2O4. The molecule has 1 aliphatic rings. The highest BCUT2D eigenvalue weighted by Crippen LogP contribution is 2.29. The van der Waals surface area contributed by atoms with Gasteiger partial charge in [0.1, 0.15) is 12.4 Å². The number of carboxylic acids is 1. The fraction of sp³-hybridized carbons (Fsp3) is 0.250. The molecule has 1 N–H and O–H groups in total. The second-order valence-corrected chi connectivity index (χ2v) is 8.48. The third kappa shape index (κ3) is 5.62. The number of hydrogen-bond donors (Lipinski definition) is 1. The number of rotatable bonds is 9. The Bertz CT molecular complexity index is 1170. The highest BCUT2D eigenvalue weighted by atomic mass is 16.5. The average Bonchev–Trinajstić information content (AvgIpc) is 3.16. The van der Waals surface area contributed by atoms with Crippen molar-refractivity contribution in [2.75, 3.05) is 13.2 Å². The molecular weight excluding hydrogens is 428 g/mol. The molecule has 6 nitrogen and oxygen atoms in total. The third-order valence-corrected chi connectivity index (χ3v) is 6.18. The van der Waals surface area contributed by atoms with Crippen LogP contribution >= 0.6 is 0 Å². The molecule has 1 heterocycles. The van der Waals surface area contributed by atoms with E-state index in [0.717, 1.165) is 16.7 Å². The number of carboxylic acid groups (broad SMARTS) is 1. The van der Waals surface area contributed by atoms with Crippen LogP contribution in [0.5, 0.6) is 5.75 Å². The molecule has 0 spiro atoms. The predicted octanol–water partition coefficient (Wildman–Crippen LogP) is 4.54. The molecule has 1 saturated heterocycles. The molecule has 3 aromatic rings. The molecule has 1 fully saturated rings. The van der Waals surface area contributed by atoms with Gasteiger partial charge in [-0.25, -0.2) is 0 Å². The van der Waals surface area contributed by atoms with E-state index in [-0.39, 0.29) is 18.4 Å². The Labute approximate surface area is 199 Å². The molecule has 34 heavy (non-hydrogen) atoms. The Morgan fingerprint density at radius 2 is 1.65 bits per heavy atom. The maximum absolute atomic E-state index is 12.9. The van der Waals surface area contributed by atoms with Crippen LogP contribution in [-0.2, 0) is 16.0 Å². The monoisotopic (exact) mass is 454 g/mol. The van der Waals surface area contributed by atoms with Crippen molar-refractivity contribution < 1.29 is 19.4 Å². The van der Waals surface area contributed by atoms with Gasteiger partial charge in [0, 0.05) is 6.54 Å². The number of ether oxygens (including phenoxy) is 1. The van der Waals surface area contributed by atoms with E-state index in [1.165, 1.54) is 0 Å².